The molecule has 0 heterocycles. The van der Waals surface area contributed by atoms with Gasteiger partial charge in [0.15, 0.2) is 0 Å². The molecule has 0 unspecified atom stereocenters. The SMILES string of the molecule is CCNC(=O)C(=O)N/N=C\c1ccc(OCc2ccccc2)c(Cl)c1. The zero-order valence-corrected chi connectivity index (χ0v) is 14.4. The van der Waals surface area contributed by atoms with Crippen LogP contribution in [0.5, 0.6) is 5.75 Å². The molecule has 2 amide bonds. The Kier molecular flexibility index (Phi) is 6.98. The topological polar surface area (TPSA) is 79.8 Å². The van der Waals surface area contributed by atoms with E-state index in [2.05, 4.69) is 15.8 Å². The van der Waals surface area contributed by atoms with E-state index in [0.717, 1.165) is 5.56 Å². The molecule has 0 radical (unpaired) electrons. The predicted octanol–water partition coefficient (Wildman–Crippen LogP) is 2.51. The van der Waals surface area contributed by atoms with Gasteiger partial charge >= 0.3 is 11.8 Å². The van der Waals surface area contributed by atoms with Gasteiger partial charge in [0.1, 0.15) is 12.4 Å². The molecule has 2 aromatic rings. The molecule has 0 saturated carbocycles. The molecule has 0 aliphatic heterocycles. The van der Waals surface area contributed by atoms with Gasteiger partial charge in [-0.05, 0) is 36.2 Å². The van der Waals surface area contributed by atoms with Crippen LogP contribution in [0.3, 0.4) is 0 Å². The van der Waals surface area contributed by atoms with E-state index in [0.29, 0.717) is 29.5 Å². The van der Waals surface area contributed by atoms with Crippen molar-refractivity contribution < 1.29 is 14.3 Å². The summed E-state index contributed by atoms with van der Waals surface area (Å²) in [6.07, 6.45) is 1.39. The lowest BCUT2D eigenvalue weighted by atomic mass is 10.2. The molecule has 130 valence electrons. The number of nitrogens with zero attached hydrogens (tertiary/aromatic N) is 1. The quantitative estimate of drug-likeness (QED) is 0.472. The van der Waals surface area contributed by atoms with E-state index in [1.165, 1.54) is 6.21 Å². The fourth-order valence-corrected chi connectivity index (χ4v) is 2.15. The van der Waals surface area contributed by atoms with Gasteiger partial charge in [0.2, 0.25) is 0 Å². The van der Waals surface area contributed by atoms with E-state index in [1.54, 1.807) is 25.1 Å². The van der Waals surface area contributed by atoms with Gasteiger partial charge in [0, 0.05) is 6.54 Å². The normalized spacial score (nSPS) is 10.5. The Balaban J connectivity index is 1.91. The largest absolute Gasteiger partial charge is 0.487 e. The Morgan fingerprint density at radius 3 is 2.60 bits per heavy atom. The van der Waals surface area contributed by atoms with E-state index in [1.807, 2.05) is 30.3 Å². The smallest absolute Gasteiger partial charge is 0.329 e. The summed E-state index contributed by atoms with van der Waals surface area (Å²) < 4.78 is 5.68. The number of hydrazone groups is 1. The van der Waals surface area contributed by atoms with Gasteiger partial charge in [-0.25, -0.2) is 5.43 Å². The molecule has 2 aromatic carbocycles. The highest BCUT2D eigenvalue weighted by atomic mass is 35.5. The zero-order chi connectivity index (χ0) is 18.1. The van der Waals surface area contributed by atoms with E-state index in [9.17, 15) is 9.59 Å². The third-order valence-electron chi connectivity index (χ3n) is 3.12. The molecule has 0 aliphatic carbocycles. The minimum atomic E-state index is -0.827. The van der Waals surface area contributed by atoms with Crippen molar-refractivity contribution in [3.63, 3.8) is 0 Å². The number of halogens is 1. The van der Waals surface area contributed by atoms with Crippen LogP contribution in [0.2, 0.25) is 5.02 Å². The molecule has 0 aromatic heterocycles. The van der Waals surface area contributed by atoms with Crippen LogP contribution in [0.4, 0.5) is 0 Å². The number of likely N-dealkylation sites (N-methyl/N-ethyl adjacent to an activating group) is 1. The number of benzene rings is 2. The molecule has 0 saturated heterocycles. The number of carbonyl (C=O) groups excluding carboxylic acids is 2. The third kappa shape index (κ3) is 5.93. The molecule has 0 aliphatic rings. The number of rotatable bonds is 6. The van der Waals surface area contributed by atoms with Crippen LogP contribution in [-0.4, -0.2) is 24.6 Å². The van der Waals surface area contributed by atoms with Crippen LogP contribution in [-0.2, 0) is 16.2 Å². The number of nitrogens with one attached hydrogen (secondary N) is 2. The molecule has 6 nitrogen and oxygen atoms in total. The molecule has 2 rings (SSSR count). The maximum absolute atomic E-state index is 11.4. The van der Waals surface area contributed by atoms with Gasteiger partial charge in [-0.3, -0.25) is 9.59 Å². The van der Waals surface area contributed by atoms with Gasteiger partial charge in [-0.1, -0.05) is 41.9 Å². The maximum Gasteiger partial charge on any atom is 0.329 e. The number of carbonyl (C=O) groups is 2. The van der Waals surface area contributed by atoms with Crippen molar-refractivity contribution in [2.24, 2.45) is 5.10 Å². The highest BCUT2D eigenvalue weighted by Crippen LogP contribution is 2.25. The van der Waals surface area contributed by atoms with Crippen LogP contribution in [0.25, 0.3) is 0 Å². The Bertz CT molecular complexity index is 763. The van der Waals surface area contributed by atoms with Gasteiger partial charge in [0.05, 0.1) is 11.2 Å². The number of amides is 2. The molecule has 0 spiro atoms. The molecule has 25 heavy (non-hydrogen) atoms. The van der Waals surface area contributed by atoms with Gasteiger partial charge in [0.25, 0.3) is 0 Å². The zero-order valence-electron chi connectivity index (χ0n) is 13.7. The first kappa shape index (κ1) is 18.5. The van der Waals surface area contributed by atoms with E-state index >= 15 is 0 Å². The summed E-state index contributed by atoms with van der Waals surface area (Å²) in [5.41, 5.74) is 3.84. The van der Waals surface area contributed by atoms with Crippen molar-refractivity contribution in [2.75, 3.05) is 6.54 Å². The Morgan fingerprint density at radius 2 is 1.92 bits per heavy atom. The summed E-state index contributed by atoms with van der Waals surface area (Å²) in [5.74, 6) is -1.01. The lowest BCUT2D eigenvalue weighted by Gasteiger charge is -2.08. The lowest BCUT2D eigenvalue weighted by Crippen LogP contribution is -2.37. The summed E-state index contributed by atoms with van der Waals surface area (Å²) >= 11 is 6.19. The summed E-state index contributed by atoms with van der Waals surface area (Å²) in [6.45, 7) is 2.50. The Morgan fingerprint density at radius 1 is 1.16 bits per heavy atom. The van der Waals surface area contributed by atoms with Crippen molar-refractivity contribution in [1.29, 1.82) is 0 Å². The van der Waals surface area contributed by atoms with Crippen molar-refractivity contribution in [2.45, 2.75) is 13.5 Å². The second-order valence-corrected chi connectivity index (χ2v) is 5.43. The first-order chi connectivity index (χ1) is 12.1. The molecule has 7 heteroatoms. The number of hydrogen-bond acceptors (Lipinski definition) is 4. The minimum Gasteiger partial charge on any atom is -0.487 e. The monoisotopic (exact) mass is 359 g/mol. The van der Waals surface area contributed by atoms with Crippen LogP contribution in [0, 0.1) is 0 Å². The van der Waals surface area contributed by atoms with Crippen LogP contribution < -0.4 is 15.5 Å². The third-order valence-corrected chi connectivity index (χ3v) is 3.41. The first-order valence-electron chi connectivity index (χ1n) is 7.67. The molecular weight excluding hydrogens is 342 g/mol. The molecular formula is C18H18ClN3O3. The highest BCUT2D eigenvalue weighted by molar-refractivity contribution is 6.35. The van der Waals surface area contributed by atoms with Crippen molar-refractivity contribution >= 4 is 29.6 Å². The van der Waals surface area contributed by atoms with E-state index < -0.39 is 11.8 Å². The first-order valence-corrected chi connectivity index (χ1v) is 8.05. The molecule has 0 atom stereocenters. The van der Waals surface area contributed by atoms with Gasteiger partial charge < -0.3 is 10.1 Å². The van der Waals surface area contributed by atoms with Crippen molar-refractivity contribution in [3.05, 3.63) is 64.7 Å². The minimum absolute atomic E-state index is 0.371. The lowest BCUT2D eigenvalue weighted by molar-refractivity contribution is -0.139. The summed E-state index contributed by atoms with van der Waals surface area (Å²) in [4.78, 5) is 22.6. The summed E-state index contributed by atoms with van der Waals surface area (Å²) in [6, 6.07) is 14.9. The van der Waals surface area contributed by atoms with Crippen LogP contribution in [0.1, 0.15) is 18.1 Å². The van der Waals surface area contributed by atoms with Crippen LogP contribution >= 0.6 is 11.6 Å². The van der Waals surface area contributed by atoms with E-state index in [-0.39, 0.29) is 0 Å². The maximum atomic E-state index is 11.4. The van der Waals surface area contributed by atoms with Crippen molar-refractivity contribution in [3.8, 4) is 5.75 Å². The van der Waals surface area contributed by atoms with Crippen molar-refractivity contribution in [1.82, 2.24) is 10.7 Å². The Hall–Kier alpha value is -2.86. The second-order valence-electron chi connectivity index (χ2n) is 5.02. The van der Waals surface area contributed by atoms with Gasteiger partial charge in [-0.15, -0.1) is 0 Å². The number of hydrogen-bond donors (Lipinski definition) is 2. The predicted molar refractivity (Wildman–Crippen MR) is 96.6 cm³/mol. The second kappa shape index (κ2) is 9.44. The summed E-state index contributed by atoms with van der Waals surface area (Å²) in [5, 5.41) is 6.53. The van der Waals surface area contributed by atoms with Crippen LogP contribution in [0.15, 0.2) is 53.6 Å². The fourth-order valence-electron chi connectivity index (χ4n) is 1.91. The molecule has 2 N–H and O–H groups in total. The molecule has 0 bridgehead atoms. The van der Waals surface area contributed by atoms with E-state index in [4.69, 9.17) is 16.3 Å². The Labute approximate surface area is 150 Å². The molecule has 0 fully saturated rings. The standard InChI is InChI=1S/C18H18ClN3O3/c1-2-20-17(23)18(24)22-21-11-14-8-9-16(15(19)10-14)25-12-13-6-4-3-5-7-13/h3-11H,2,12H2,1H3,(H,20,23)(H,22,24)/b21-11-. The van der Waals surface area contributed by atoms with Gasteiger partial charge in [-0.2, -0.15) is 5.10 Å². The average molecular weight is 360 g/mol. The number of ether oxygens (including phenoxy) is 1. The average Bonchev–Trinajstić information content (AvgIpc) is 2.62. The fraction of sp³-hybridized carbons (Fsp3) is 0.167. The summed E-state index contributed by atoms with van der Waals surface area (Å²) in [7, 11) is 0. The highest BCUT2D eigenvalue weighted by Gasteiger charge is 2.10.